The summed E-state index contributed by atoms with van der Waals surface area (Å²) >= 11 is 0. The van der Waals surface area contributed by atoms with Crippen LogP contribution in [0.2, 0.25) is 0 Å². The number of rotatable bonds is 6. The second kappa shape index (κ2) is 7.51. The smallest absolute Gasteiger partial charge is 0.317 e. The Bertz CT molecular complexity index is 578. The van der Waals surface area contributed by atoms with Crippen molar-refractivity contribution in [2.45, 2.75) is 32.2 Å². The number of piperidine rings is 1. The molecule has 0 spiro atoms. The van der Waals surface area contributed by atoms with Crippen molar-refractivity contribution >= 4 is 11.9 Å². The van der Waals surface area contributed by atoms with Crippen LogP contribution >= 0.6 is 0 Å². The van der Waals surface area contributed by atoms with Gasteiger partial charge in [-0.3, -0.25) is 4.79 Å². The topological polar surface area (TPSA) is 97.6 Å². The van der Waals surface area contributed by atoms with Gasteiger partial charge in [0.2, 0.25) is 11.8 Å². The van der Waals surface area contributed by atoms with Gasteiger partial charge < -0.3 is 20.7 Å². The lowest BCUT2D eigenvalue weighted by atomic mass is 9.96. The highest BCUT2D eigenvalue weighted by Gasteiger charge is 2.25. The molecule has 1 aromatic rings. The van der Waals surface area contributed by atoms with Gasteiger partial charge in [-0.05, 0) is 37.2 Å². The predicted octanol–water partition coefficient (Wildman–Crippen LogP) is 1.28. The maximum atomic E-state index is 12.2. The first-order valence-corrected chi connectivity index (χ1v) is 8.51. The van der Waals surface area contributed by atoms with Crippen LogP contribution in [0, 0.1) is 11.8 Å². The van der Waals surface area contributed by atoms with Crippen molar-refractivity contribution < 1.29 is 14.3 Å². The molecule has 2 fully saturated rings. The van der Waals surface area contributed by atoms with Crippen molar-refractivity contribution in [1.29, 1.82) is 0 Å². The number of amides is 3. The predicted molar refractivity (Wildman–Crippen MR) is 88.2 cm³/mol. The summed E-state index contributed by atoms with van der Waals surface area (Å²) in [6.45, 7) is 2.28. The number of nitrogens with zero attached hydrogens (tertiary/aromatic N) is 2. The molecule has 1 saturated carbocycles. The van der Waals surface area contributed by atoms with E-state index in [1.165, 1.54) is 12.8 Å². The van der Waals surface area contributed by atoms with Crippen LogP contribution in [0.15, 0.2) is 18.3 Å². The number of hydrogen-bond acceptors (Lipinski definition) is 4. The summed E-state index contributed by atoms with van der Waals surface area (Å²) in [6.07, 6.45) is 5.50. The second-order valence-corrected chi connectivity index (χ2v) is 6.58. The zero-order valence-corrected chi connectivity index (χ0v) is 13.7. The Hall–Kier alpha value is -2.31. The van der Waals surface area contributed by atoms with E-state index >= 15 is 0 Å². The van der Waals surface area contributed by atoms with Crippen LogP contribution in [0.5, 0.6) is 5.88 Å². The molecule has 2 aliphatic rings. The number of nitrogens with one attached hydrogen (secondary N) is 1. The van der Waals surface area contributed by atoms with Crippen LogP contribution in [0.3, 0.4) is 0 Å². The summed E-state index contributed by atoms with van der Waals surface area (Å²) in [7, 11) is 0. The summed E-state index contributed by atoms with van der Waals surface area (Å²) < 4.78 is 5.59. The van der Waals surface area contributed by atoms with E-state index in [0.717, 1.165) is 12.2 Å². The van der Waals surface area contributed by atoms with Crippen LogP contribution in [0.25, 0.3) is 0 Å². The van der Waals surface area contributed by atoms with E-state index in [1.54, 1.807) is 11.1 Å². The molecule has 3 N–H and O–H groups in total. The Morgan fingerprint density at radius 3 is 2.58 bits per heavy atom. The zero-order chi connectivity index (χ0) is 16.9. The van der Waals surface area contributed by atoms with Gasteiger partial charge in [-0.2, -0.15) is 0 Å². The van der Waals surface area contributed by atoms with E-state index in [1.807, 2.05) is 12.1 Å². The normalized spacial score (nSPS) is 18.2. The SMILES string of the molecule is NC(=O)C1CCN(C(=O)NCc2ccc(OCC3CC3)nc2)CC1. The molecule has 3 rings (SSSR count). The van der Waals surface area contributed by atoms with Gasteiger partial charge >= 0.3 is 6.03 Å². The van der Waals surface area contributed by atoms with Crippen LogP contribution < -0.4 is 15.8 Å². The van der Waals surface area contributed by atoms with Crippen LogP contribution in [-0.4, -0.2) is 41.5 Å². The van der Waals surface area contributed by atoms with Crippen molar-refractivity contribution in [3.05, 3.63) is 23.9 Å². The van der Waals surface area contributed by atoms with Gasteiger partial charge in [0.15, 0.2) is 0 Å². The number of hydrogen-bond donors (Lipinski definition) is 2. The van der Waals surface area contributed by atoms with E-state index in [-0.39, 0.29) is 17.9 Å². The molecule has 1 aromatic heterocycles. The van der Waals surface area contributed by atoms with E-state index in [2.05, 4.69) is 10.3 Å². The molecule has 0 atom stereocenters. The molecule has 3 amide bonds. The lowest BCUT2D eigenvalue weighted by molar-refractivity contribution is -0.123. The number of pyridine rings is 1. The minimum Gasteiger partial charge on any atom is -0.477 e. The molecular weight excluding hydrogens is 308 g/mol. The molecule has 0 bridgehead atoms. The Morgan fingerprint density at radius 2 is 2.00 bits per heavy atom. The third kappa shape index (κ3) is 4.59. The third-order valence-electron chi connectivity index (χ3n) is 4.59. The number of aromatic nitrogens is 1. The largest absolute Gasteiger partial charge is 0.477 e. The molecule has 1 saturated heterocycles. The summed E-state index contributed by atoms with van der Waals surface area (Å²) in [5.74, 6) is 0.946. The number of likely N-dealkylation sites (tertiary alicyclic amines) is 1. The van der Waals surface area contributed by atoms with Crippen molar-refractivity contribution in [1.82, 2.24) is 15.2 Å². The first-order valence-electron chi connectivity index (χ1n) is 8.51. The fourth-order valence-electron chi connectivity index (χ4n) is 2.75. The molecule has 0 radical (unpaired) electrons. The highest BCUT2D eigenvalue weighted by Crippen LogP contribution is 2.29. The minimum absolute atomic E-state index is 0.110. The van der Waals surface area contributed by atoms with Gasteiger partial charge in [0, 0.05) is 37.8 Å². The lowest BCUT2D eigenvalue weighted by Crippen LogP contribution is -2.46. The van der Waals surface area contributed by atoms with Gasteiger partial charge in [0.1, 0.15) is 0 Å². The standard InChI is InChI=1S/C17H24N4O3/c18-16(22)14-5-7-21(8-6-14)17(23)20-10-13-3-4-15(19-9-13)24-11-12-1-2-12/h3-4,9,12,14H,1-2,5-8,10-11H2,(H2,18,22)(H,20,23). The Morgan fingerprint density at radius 1 is 1.25 bits per heavy atom. The molecule has 7 nitrogen and oxygen atoms in total. The first-order chi connectivity index (χ1) is 11.6. The molecule has 0 unspecified atom stereocenters. The molecule has 2 heterocycles. The summed E-state index contributed by atoms with van der Waals surface area (Å²) in [5, 5.41) is 2.88. The lowest BCUT2D eigenvalue weighted by Gasteiger charge is -2.30. The molecule has 130 valence electrons. The van der Waals surface area contributed by atoms with Gasteiger partial charge in [0.05, 0.1) is 6.61 Å². The molecule has 1 aliphatic carbocycles. The first kappa shape index (κ1) is 16.5. The average Bonchev–Trinajstić information content (AvgIpc) is 3.43. The number of ether oxygens (including phenoxy) is 1. The van der Waals surface area contributed by atoms with Crippen LogP contribution in [0.4, 0.5) is 4.79 Å². The van der Waals surface area contributed by atoms with Crippen molar-refractivity contribution in [3.8, 4) is 5.88 Å². The highest BCUT2D eigenvalue weighted by molar-refractivity contribution is 5.78. The Balaban J connectivity index is 1.40. The quantitative estimate of drug-likeness (QED) is 0.820. The monoisotopic (exact) mass is 332 g/mol. The van der Waals surface area contributed by atoms with Crippen molar-refractivity contribution in [3.63, 3.8) is 0 Å². The second-order valence-electron chi connectivity index (χ2n) is 6.58. The fraction of sp³-hybridized carbons (Fsp3) is 0.588. The van der Waals surface area contributed by atoms with Gasteiger partial charge in [0.25, 0.3) is 0 Å². The van der Waals surface area contributed by atoms with Crippen LogP contribution in [0.1, 0.15) is 31.2 Å². The summed E-state index contributed by atoms with van der Waals surface area (Å²) in [4.78, 5) is 29.3. The number of carbonyl (C=O) groups excluding carboxylic acids is 2. The molecule has 0 aromatic carbocycles. The fourth-order valence-corrected chi connectivity index (χ4v) is 2.75. The summed E-state index contributed by atoms with van der Waals surface area (Å²) in [6, 6.07) is 3.63. The molecular formula is C17H24N4O3. The van der Waals surface area contributed by atoms with E-state index < -0.39 is 0 Å². The van der Waals surface area contributed by atoms with Crippen molar-refractivity contribution in [2.75, 3.05) is 19.7 Å². The van der Waals surface area contributed by atoms with Gasteiger partial charge in [-0.15, -0.1) is 0 Å². The Labute approximate surface area is 141 Å². The molecule has 1 aliphatic heterocycles. The minimum atomic E-state index is -0.273. The van der Waals surface area contributed by atoms with Gasteiger partial charge in [-0.1, -0.05) is 6.07 Å². The van der Waals surface area contributed by atoms with E-state index in [9.17, 15) is 9.59 Å². The highest BCUT2D eigenvalue weighted by atomic mass is 16.5. The maximum Gasteiger partial charge on any atom is 0.317 e. The number of nitrogens with two attached hydrogens (primary N) is 1. The molecule has 7 heteroatoms. The number of urea groups is 1. The third-order valence-corrected chi connectivity index (χ3v) is 4.59. The van der Waals surface area contributed by atoms with E-state index in [0.29, 0.717) is 44.3 Å². The van der Waals surface area contributed by atoms with Crippen molar-refractivity contribution in [2.24, 2.45) is 17.6 Å². The zero-order valence-electron chi connectivity index (χ0n) is 13.7. The van der Waals surface area contributed by atoms with Crippen LogP contribution in [-0.2, 0) is 11.3 Å². The molecule has 24 heavy (non-hydrogen) atoms. The summed E-state index contributed by atoms with van der Waals surface area (Å²) in [5.41, 5.74) is 6.23. The average molecular weight is 332 g/mol. The van der Waals surface area contributed by atoms with E-state index in [4.69, 9.17) is 10.5 Å². The maximum absolute atomic E-state index is 12.2. The number of carbonyl (C=O) groups is 2. The number of primary amides is 1. The Kier molecular flexibility index (Phi) is 5.17. The van der Waals surface area contributed by atoms with Gasteiger partial charge in [-0.25, -0.2) is 9.78 Å².